The van der Waals surface area contributed by atoms with E-state index in [9.17, 15) is 8.42 Å². The Kier molecular flexibility index (Phi) is 5.16. The van der Waals surface area contributed by atoms with Gasteiger partial charge in [-0.25, -0.2) is 12.7 Å². The van der Waals surface area contributed by atoms with E-state index in [1.807, 2.05) is 12.1 Å². The first-order valence-electron chi connectivity index (χ1n) is 6.69. The van der Waals surface area contributed by atoms with E-state index >= 15 is 0 Å². The number of thiophene rings is 1. The highest BCUT2D eigenvalue weighted by molar-refractivity contribution is 7.89. The van der Waals surface area contributed by atoms with Gasteiger partial charge in [0.15, 0.2) is 0 Å². The van der Waals surface area contributed by atoms with Gasteiger partial charge in [0.1, 0.15) is 0 Å². The smallest absolute Gasteiger partial charge is 0.242 e. The minimum atomic E-state index is -3.37. The van der Waals surface area contributed by atoms with Crippen molar-refractivity contribution in [3.63, 3.8) is 0 Å². The zero-order valence-electron chi connectivity index (χ0n) is 12.4. The zero-order valence-corrected chi connectivity index (χ0v) is 14.0. The van der Waals surface area contributed by atoms with E-state index < -0.39 is 10.0 Å². The van der Waals surface area contributed by atoms with Gasteiger partial charge < -0.3 is 5.32 Å². The van der Waals surface area contributed by atoms with E-state index in [2.05, 4.69) is 23.7 Å². The van der Waals surface area contributed by atoms with Gasteiger partial charge in [-0.1, -0.05) is 18.2 Å². The number of sulfonamides is 1. The highest BCUT2D eigenvalue weighted by atomic mass is 32.2. The predicted octanol–water partition coefficient (Wildman–Crippen LogP) is 2.85. The predicted molar refractivity (Wildman–Crippen MR) is 86.9 cm³/mol. The molecule has 6 heteroatoms. The van der Waals surface area contributed by atoms with E-state index in [4.69, 9.17) is 0 Å². The fourth-order valence-electron chi connectivity index (χ4n) is 1.94. The summed E-state index contributed by atoms with van der Waals surface area (Å²) < 4.78 is 25.5. The maximum absolute atomic E-state index is 12.1. The third-order valence-electron chi connectivity index (χ3n) is 3.26. The lowest BCUT2D eigenvalue weighted by molar-refractivity contribution is 0.520. The van der Waals surface area contributed by atoms with E-state index in [1.54, 1.807) is 43.6 Å². The Bertz CT molecular complexity index is 679. The third-order valence-corrected chi connectivity index (χ3v) is 6.13. The fourth-order valence-corrected chi connectivity index (χ4v) is 3.67. The van der Waals surface area contributed by atoms with Gasteiger partial charge in [-0.05, 0) is 36.1 Å². The van der Waals surface area contributed by atoms with Crippen LogP contribution in [0.4, 0.5) is 0 Å². The molecule has 1 aromatic carbocycles. The lowest BCUT2D eigenvalue weighted by atomic mass is 10.2. The number of nitrogens with zero attached hydrogens (tertiary/aromatic N) is 1. The van der Waals surface area contributed by atoms with Crippen LogP contribution in [0.1, 0.15) is 23.4 Å². The molecule has 114 valence electrons. The standard InChI is InChI=1S/C15H20N2O2S2/c1-12(15-8-5-9-20-15)16-11-13-6-4-7-14(10-13)21(18,19)17(2)3/h4-10,12,16H,11H2,1-3H3/t12-/m0/s1. The molecule has 2 rings (SSSR count). The van der Waals surface area contributed by atoms with E-state index in [-0.39, 0.29) is 6.04 Å². The maximum Gasteiger partial charge on any atom is 0.242 e. The molecule has 0 radical (unpaired) electrons. The Morgan fingerprint density at radius 3 is 2.62 bits per heavy atom. The SMILES string of the molecule is C[C@H](NCc1cccc(S(=O)(=O)N(C)C)c1)c1cccs1. The zero-order chi connectivity index (χ0) is 15.5. The molecule has 0 aliphatic carbocycles. The highest BCUT2D eigenvalue weighted by Crippen LogP contribution is 2.19. The van der Waals surface area contributed by atoms with Crippen LogP contribution in [0.3, 0.4) is 0 Å². The minimum absolute atomic E-state index is 0.249. The average molecular weight is 324 g/mol. The molecule has 0 aliphatic heterocycles. The van der Waals surface area contributed by atoms with Crippen LogP contribution in [-0.2, 0) is 16.6 Å². The van der Waals surface area contributed by atoms with Crippen molar-refractivity contribution in [1.82, 2.24) is 9.62 Å². The van der Waals surface area contributed by atoms with Crippen LogP contribution in [-0.4, -0.2) is 26.8 Å². The number of hydrogen-bond donors (Lipinski definition) is 1. The lowest BCUT2D eigenvalue weighted by Gasteiger charge is -2.14. The minimum Gasteiger partial charge on any atom is -0.305 e. The summed E-state index contributed by atoms with van der Waals surface area (Å²) in [6.07, 6.45) is 0. The molecular formula is C15H20N2O2S2. The van der Waals surface area contributed by atoms with Gasteiger partial charge in [0.05, 0.1) is 4.90 Å². The molecule has 1 atom stereocenters. The summed E-state index contributed by atoms with van der Waals surface area (Å²) >= 11 is 1.71. The van der Waals surface area contributed by atoms with Crippen LogP contribution in [0, 0.1) is 0 Å². The Balaban J connectivity index is 2.08. The van der Waals surface area contributed by atoms with Gasteiger partial charge in [0.25, 0.3) is 0 Å². The van der Waals surface area contributed by atoms with Crippen LogP contribution in [0.15, 0.2) is 46.7 Å². The first-order chi connectivity index (χ1) is 9.91. The summed E-state index contributed by atoms with van der Waals surface area (Å²) in [5.74, 6) is 0. The molecule has 1 N–H and O–H groups in total. The molecule has 1 aromatic heterocycles. The van der Waals surface area contributed by atoms with Gasteiger partial charge >= 0.3 is 0 Å². The largest absolute Gasteiger partial charge is 0.305 e. The van der Waals surface area contributed by atoms with Crippen LogP contribution >= 0.6 is 11.3 Å². The molecule has 4 nitrogen and oxygen atoms in total. The lowest BCUT2D eigenvalue weighted by Crippen LogP contribution is -2.22. The van der Waals surface area contributed by atoms with Gasteiger partial charge in [-0.2, -0.15) is 0 Å². The van der Waals surface area contributed by atoms with Crippen LogP contribution in [0.2, 0.25) is 0 Å². The van der Waals surface area contributed by atoms with Gasteiger partial charge in [0.2, 0.25) is 10.0 Å². The Hall–Kier alpha value is -1.21. The van der Waals surface area contributed by atoms with Crippen molar-refractivity contribution in [3.05, 3.63) is 52.2 Å². The second-order valence-electron chi connectivity index (χ2n) is 5.05. The molecule has 0 bridgehead atoms. The molecule has 0 unspecified atom stereocenters. The van der Waals surface area contributed by atoms with Crippen molar-refractivity contribution in [3.8, 4) is 0 Å². The van der Waals surface area contributed by atoms with Crippen molar-refractivity contribution in [2.24, 2.45) is 0 Å². The second-order valence-corrected chi connectivity index (χ2v) is 8.18. The fraction of sp³-hybridized carbons (Fsp3) is 0.333. The number of benzene rings is 1. The Morgan fingerprint density at radius 2 is 2.00 bits per heavy atom. The molecule has 0 saturated carbocycles. The summed E-state index contributed by atoms with van der Waals surface area (Å²) in [7, 11) is -0.292. The molecule has 2 aromatic rings. The first-order valence-corrected chi connectivity index (χ1v) is 9.01. The number of rotatable bonds is 6. The topological polar surface area (TPSA) is 49.4 Å². The van der Waals surface area contributed by atoms with Crippen LogP contribution in [0.5, 0.6) is 0 Å². The summed E-state index contributed by atoms with van der Waals surface area (Å²) in [6.45, 7) is 2.74. The quantitative estimate of drug-likeness (QED) is 0.889. The van der Waals surface area contributed by atoms with Crippen molar-refractivity contribution in [1.29, 1.82) is 0 Å². The van der Waals surface area contributed by atoms with Gasteiger partial charge in [-0.3, -0.25) is 0 Å². The van der Waals surface area contributed by atoms with E-state index in [0.29, 0.717) is 11.4 Å². The third kappa shape index (κ3) is 3.91. The number of hydrogen-bond acceptors (Lipinski definition) is 4. The van der Waals surface area contributed by atoms with Crippen molar-refractivity contribution in [2.45, 2.75) is 24.4 Å². The Morgan fingerprint density at radius 1 is 1.24 bits per heavy atom. The molecule has 0 saturated heterocycles. The summed E-state index contributed by atoms with van der Waals surface area (Å²) in [6, 6.07) is 11.4. The monoisotopic (exact) mass is 324 g/mol. The molecule has 0 aliphatic rings. The molecule has 0 fully saturated rings. The number of nitrogens with one attached hydrogen (secondary N) is 1. The average Bonchev–Trinajstić information content (AvgIpc) is 2.99. The maximum atomic E-state index is 12.1. The molecule has 21 heavy (non-hydrogen) atoms. The molecule has 0 amide bonds. The first kappa shape index (κ1) is 16.2. The van der Waals surface area contributed by atoms with Crippen LogP contribution < -0.4 is 5.32 Å². The van der Waals surface area contributed by atoms with Crippen molar-refractivity contribution in [2.75, 3.05) is 14.1 Å². The molecular weight excluding hydrogens is 304 g/mol. The summed E-state index contributed by atoms with van der Waals surface area (Å²) in [4.78, 5) is 1.60. The van der Waals surface area contributed by atoms with Crippen LogP contribution in [0.25, 0.3) is 0 Å². The molecule has 0 spiro atoms. The Labute approximate surface area is 130 Å². The molecule has 1 heterocycles. The van der Waals surface area contributed by atoms with E-state index in [0.717, 1.165) is 5.56 Å². The van der Waals surface area contributed by atoms with Gasteiger partial charge in [-0.15, -0.1) is 11.3 Å². The van der Waals surface area contributed by atoms with E-state index in [1.165, 1.54) is 9.18 Å². The summed E-state index contributed by atoms with van der Waals surface area (Å²) in [5.41, 5.74) is 0.960. The summed E-state index contributed by atoms with van der Waals surface area (Å²) in [5, 5.41) is 5.46. The second kappa shape index (κ2) is 6.70. The normalized spacial score (nSPS) is 13.5. The highest BCUT2D eigenvalue weighted by Gasteiger charge is 2.17. The van der Waals surface area contributed by atoms with Gasteiger partial charge in [0, 0.05) is 31.6 Å². The van der Waals surface area contributed by atoms with Crippen molar-refractivity contribution < 1.29 is 8.42 Å². The van der Waals surface area contributed by atoms with Crippen molar-refractivity contribution >= 4 is 21.4 Å².